The maximum Gasteiger partial charge on any atom is 0.226 e. The number of hydrogen-bond acceptors (Lipinski definition) is 2. The molecule has 15 heavy (non-hydrogen) atoms. The summed E-state index contributed by atoms with van der Waals surface area (Å²) in [6.45, 7) is 5.25. The molecule has 0 spiro atoms. The van der Waals surface area contributed by atoms with Crippen molar-refractivity contribution in [3.05, 3.63) is 0 Å². The molecule has 2 aliphatic rings. The predicted molar refractivity (Wildman–Crippen MR) is 60.6 cm³/mol. The van der Waals surface area contributed by atoms with Crippen molar-refractivity contribution in [1.82, 2.24) is 9.80 Å². The molecular formula is C12H22N2O. The number of rotatable bonds is 3. The Morgan fingerprint density at radius 1 is 1.33 bits per heavy atom. The molecule has 1 aliphatic carbocycles. The molecule has 0 bridgehead atoms. The molecule has 3 heteroatoms. The van der Waals surface area contributed by atoms with E-state index in [4.69, 9.17) is 0 Å². The zero-order chi connectivity index (χ0) is 10.8. The topological polar surface area (TPSA) is 23.6 Å². The molecule has 0 aromatic carbocycles. The highest BCUT2D eigenvalue weighted by Gasteiger charge is 2.37. The summed E-state index contributed by atoms with van der Waals surface area (Å²) in [7, 11) is 2.15. The summed E-state index contributed by atoms with van der Waals surface area (Å²) in [5.74, 6) is 0.814. The number of carbonyl (C=O) groups is 1. The smallest absolute Gasteiger partial charge is 0.226 e. The molecule has 0 aromatic rings. The first-order chi connectivity index (χ1) is 7.22. The van der Waals surface area contributed by atoms with E-state index in [-0.39, 0.29) is 0 Å². The van der Waals surface area contributed by atoms with Gasteiger partial charge in [-0.15, -0.1) is 0 Å². The maximum absolute atomic E-state index is 12.1. The lowest BCUT2D eigenvalue weighted by Crippen LogP contribution is -2.54. The molecule has 1 aliphatic heterocycles. The van der Waals surface area contributed by atoms with Gasteiger partial charge in [-0.2, -0.15) is 0 Å². The van der Waals surface area contributed by atoms with Gasteiger partial charge in [0.25, 0.3) is 0 Å². The van der Waals surface area contributed by atoms with E-state index in [1.807, 2.05) is 0 Å². The molecule has 1 saturated carbocycles. The van der Waals surface area contributed by atoms with Crippen molar-refractivity contribution in [3.63, 3.8) is 0 Å². The Labute approximate surface area is 92.4 Å². The van der Waals surface area contributed by atoms with Crippen LogP contribution in [-0.2, 0) is 4.79 Å². The Morgan fingerprint density at radius 2 is 2.07 bits per heavy atom. The summed E-state index contributed by atoms with van der Waals surface area (Å²) in [6.07, 6.45) is 4.59. The number of amides is 1. The highest BCUT2D eigenvalue weighted by atomic mass is 16.2. The minimum Gasteiger partial charge on any atom is -0.337 e. The highest BCUT2D eigenvalue weighted by molar-refractivity contribution is 5.81. The Kier molecular flexibility index (Phi) is 3.29. The summed E-state index contributed by atoms with van der Waals surface area (Å²) in [5, 5.41) is 0. The van der Waals surface area contributed by atoms with Crippen molar-refractivity contribution in [2.75, 3.05) is 26.7 Å². The van der Waals surface area contributed by atoms with E-state index in [1.54, 1.807) is 0 Å². The summed E-state index contributed by atoms with van der Waals surface area (Å²) in [6, 6.07) is 0.474. The molecule has 2 fully saturated rings. The van der Waals surface area contributed by atoms with E-state index >= 15 is 0 Å². The Morgan fingerprint density at radius 3 is 2.67 bits per heavy atom. The summed E-state index contributed by atoms with van der Waals surface area (Å²) < 4.78 is 0. The van der Waals surface area contributed by atoms with Crippen LogP contribution in [0.5, 0.6) is 0 Å². The largest absolute Gasteiger partial charge is 0.337 e. The number of hydrogen-bond donors (Lipinski definition) is 0. The molecule has 1 heterocycles. The standard InChI is InChI=1S/C12H22N2O/c1-3-4-11-9-13(2)7-8-14(11)12(15)10-5-6-10/h10-11H,3-9H2,1-2H3. The van der Waals surface area contributed by atoms with Crippen molar-refractivity contribution >= 4 is 5.91 Å². The first-order valence-corrected chi connectivity index (χ1v) is 6.21. The molecule has 0 radical (unpaired) electrons. The molecule has 1 atom stereocenters. The van der Waals surface area contributed by atoms with Crippen molar-refractivity contribution < 1.29 is 4.79 Å². The van der Waals surface area contributed by atoms with E-state index in [0.717, 1.165) is 38.9 Å². The average Bonchev–Trinajstić information content (AvgIpc) is 3.01. The second-order valence-corrected chi connectivity index (χ2v) is 5.01. The van der Waals surface area contributed by atoms with Crippen LogP contribution in [0.3, 0.4) is 0 Å². The zero-order valence-electron chi connectivity index (χ0n) is 9.91. The van der Waals surface area contributed by atoms with Gasteiger partial charge < -0.3 is 9.80 Å². The third-order valence-electron chi connectivity index (χ3n) is 3.52. The van der Waals surface area contributed by atoms with Gasteiger partial charge in [-0.3, -0.25) is 4.79 Å². The fourth-order valence-corrected chi connectivity index (χ4v) is 2.45. The predicted octanol–water partition coefficient (Wildman–Crippen LogP) is 1.34. The number of piperazine rings is 1. The monoisotopic (exact) mass is 210 g/mol. The molecule has 0 aromatic heterocycles. The van der Waals surface area contributed by atoms with Gasteiger partial charge in [-0.05, 0) is 26.3 Å². The van der Waals surface area contributed by atoms with Gasteiger partial charge in [-0.1, -0.05) is 13.3 Å². The van der Waals surface area contributed by atoms with E-state index in [0.29, 0.717) is 17.9 Å². The van der Waals surface area contributed by atoms with Crippen LogP contribution in [0.15, 0.2) is 0 Å². The minimum atomic E-state index is 0.382. The van der Waals surface area contributed by atoms with Crippen LogP contribution >= 0.6 is 0 Å². The molecule has 3 nitrogen and oxygen atoms in total. The zero-order valence-corrected chi connectivity index (χ0v) is 9.91. The van der Waals surface area contributed by atoms with E-state index in [2.05, 4.69) is 23.8 Å². The first-order valence-electron chi connectivity index (χ1n) is 6.21. The lowest BCUT2D eigenvalue weighted by Gasteiger charge is -2.40. The third-order valence-corrected chi connectivity index (χ3v) is 3.52. The van der Waals surface area contributed by atoms with Gasteiger partial charge in [-0.25, -0.2) is 0 Å². The van der Waals surface area contributed by atoms with Crippen molar-refractivity contribution in [3.8, 4) is 0 Å². The quantitative estimate of drug-likeness (QED) is 0.702. The molecular weight excluding hydrogens is 188 g/mol. The normalized spacial score (nSPS) is 28.1. The SMILES string of the molecule is CCCC1CN(C)CCN1C(=O)C1CC1. The van der Waals surface area contributed by atoms with Crippen molar-refractivity contribution in [2.45, 2.75) is 38.6 Å². The van der Waals surface area contributed by atoms with Crippen LogP contribution in [0, 0.1) is 5.92 Å². The van der Waals surface area contributed by atoms with Gasteiger partial charge in [0.2, 0.25) is 5.91 Å². The van der Waals surface area contributed by atoms with Crippen LogP contribution in [0.4, 0.5) is 0 Å². The van der Waals surface area contributed by atoms with Gasteiger partial charge in [0.1, 0.15) is 0 Å². The molecule has 1 amide bonds. The second-order valence-electron chi connectivity index (χ2n) is 5.01. The second kappa shape index (κ2) is 4.52. The number of carbonyl (C=O) groups excluding carboxylic acids is 1. The maximum atomic E-state index is 12.1. The Hall–Kier alpha value is -0.570. The van der Waals surface area contributed by atoms with Crippen molar-refractivity contribution in [1.29, 1.82) is 0 Å². The summed E-state index contributed by atoms with van der Waals surface area (Å²) in [4.78, 5) is 16.6. The lowest BCUT2D eigenvalue weighted by atomic mass is 10.1. The van der Waals surface area contributed by atoms with Gasteiger partial charge >= 0.3 is 0 Å². The number of nitrogens with zero attached hydrogens (tertiary/aromatic N) is 2. The van der Waals surface area contributed by atoms with Crippen LogP contribution < -0.4 is 0 Å². The number of likely N-dealkylation sites (N-methyl/N-ethyl adjacent to an activating group) is 1. The van der Waals surface area contributed by atoms with Crippen LogP contribution in [-0.4, -0.2) is 48.4 Å². The lowest BCUT2D eigenvalue weighted by molar-refractivity contribution is -0.137. The summed E-state index contributed by atoms with van der Waals surface area (Å²) in [5.41, 5.74) is 0. The molecule has 0 N–H and O–H groups in total. The van der Waals surface area contributed by atoms with Crippen LogP contribution in [0.1, 0.15) is 32.6 Å². The molecule has 1 saturated heterocycles. The van der Waals surface area contributed by atoms with Crippen LogP contribution in [0.25, 0.3) is 0 Å². The summed E-state index contributed by atoms with van der Waals surface area (Å²) >= 11 is 0. The third kappa shape index (κ3) is 2.51. The minimum absolute atomic E-state index is 0.382. The van der Waals surface area contributed by atoms with Gasteiger partial charge in [0, 0.05) is 31.6 Å². The van der Waals surface area contributed by atoms with Crippen molar-refractivity contribution in [2.24, 2.45) is 5.92 Å². The van der Waals surface area contributed by atoms with Crippen LogP contribution in [0.2, 0.25) is 0 Å². The highest BCUT2D eigenvalue weighted by Crippen LogP contribution is 2.32. The molecule has 1 unspecified atom stereocenters. The van der Waals surface area contributed by atoms with Gasteiger partial charge in [0.05, 0.1) is 0 Å². The average molecular weight is 210 g/mol. The molecule has 86 valence electrons. The van der Waals surface area contributed by atoms with E-state index in [9.17, 15) is 4.79 Å². The van der Waals surface area contributed by atoms with E-state index in [1.165, 1.54) is 6.42 Å². The van der Waals surface area contributed by atoms with Gasteiger partial charge in [0.15, 0.2) is 0 Å². The van der Waals surface area contributed by atoms with E-state index < -0.39 is 0 Å². The Bertz CT molecular complexity index is 238. The fraction of sp³-hybridized carbons (Fsp3) is 0.917. The fourth-order valence-electron chi connectivity index (χ4n) is 2.45. The first kappa shape index (κ1) is 10.9. The Balaban J connectivity index is 1.96. The molecule has 2 rings (SSSR count).